The fourth-order valence-corrected chi connectivity index (χ4v) is 2.64. The van der Waals surface area contributed by atoms with E-state index in [1.807, 2.05) is 19.1 Å². The maximum Gasteiger partial charge on any atom is 0.281 e. The van der Waals surface area contributed by atoms with Crippen molar-refractivity contribution in [3.63, 3.8) is 0 Å². The van der Waals surface area contributed by atoms with Crippen LogP contribution in [0, 0.1) is 17.0 Å². The van der Waals surface area contributed by atoms with Gasteiger partial charge in [0.2, 0.25) is 0 Å². The first-order valence-electron chi connectivity index (χ1n) is 7.89. The van der Waals surface area contributed by atoms with Crippen molar-refractivity contribution < 1.29 is 14.1 Å². The Labute approximate surface area is 159 Å². The number of halogens is 1. The molecule has 1 aromatic heterocycles. The number of amides is 1. The fraction of sp³-hybridized carbons (Fsp3) is 0.0526. The number of nitrogens with zero attached hydrogens (tertiary/aromatic N) is 2. The molecular weight excluding hydrogens is 370 g/mol. The average Bonchev–Trinajstić information content (AvgIpc) is 3.10. The lowest BCUT2D eigenvalue weighted by Gasteiger charge is -2.02. The first-order chi connectivity index (χ1) is 13.0. The molecule has 27 heavy (non-hydrogen) atoms. The molecule has 1 amide bonds. The molecule has 136 valence electrons. The van der Waals surface area contributed by atoms with Gasteiger partial charge in [-0.15, -0.1) is 0 Å². The summed E-state index contributed by atoms with van der Waals surface area (Å²) in [6.45, 7) is 1.83. The zero-order valence-electron chi connectivity index (χ0n) is 14.2. The number of furan rings is 1. The van der Waals surface area contributed by atoms with Crippen molar-refractivity contribution in [2.75, 3.05) is 0 Å². The Morgan fingerprint density at radius 3 is 2.74 bits per heavy atom. The van der Waals surface area contributed by atoms with E-state index in [1.165, 1.54) is 18.3 Å². The van der Waals surface area contributed by atoms with Crippen molar-refractivity contribution in [1.82, 2.24) is 5.43 Å². The van der Waals surface area contributed by atoms with Crippen LogP contribution in [0.3, 0.4) is 0 Å². The molecule has 0 fully saturated rings. The third kappa shape index (κ3) is 4.21. The lowest BCUT2D eigenvalue weighted by molar-refractivity contribution is -0.384. The van der Waals surface area contributed by atoms with Gasteiger partial charge in [0.1, 0.15) is 11.5 Å². The Morgan fingerprint density at radius 2 is 2.00 bits per heavy atom. The fourth-order valence-electron chi connectivity index (χ4n) is 2.47. The van der Waals surface area contributed by atoms with Crippen molar-refractivity contribution in [3.05, 3.63) is 86.6 Å². The van der Waals surface area contributed by atoms with Crippen molar-refractivity contribution in [2.24, 2.45) is 5.10 Å². The van der Waals surface area contributed by atoms with E-state index in [0.29, 0.717) is 22.6 Å². The van der Waals surface area contributed by atoms with Gasteiger partial charge in [0.15, 0.2) is 0 Å². The number of nitro groups is 1. The number of carbonyl (C=O) groups is 1. The van der Waals surface area contributed by atoms with Gasteiger partial charge in [-0.3, -0.25) is 14.9 Å². The van der Waals surface area contributed by atoms with E-state index in [1.54, 1.807) is 30.3 Å². The standard InChI is InChI=1S/C19H14ClN3O4/c1-12-4-2-3-5-15(12)19(24)22-21-11-14-7-9-18(27-14)16-8-6-13(20)10-17(16)23(25)26/h2-11H,1H3,(H,22,24)/b21-11+. The van der Waals surface area contributed by atoms with Gasteiger partial charge in [-0.05, 0) is 42.8 Å². The minimum Gasteiger partial charge on any atom is -0.455 e. The monoisotopic (exact) mass is 383 g/mol. The van der Waals surface area contributed by atoms with Crippen LogP contribution < -0.4 is 5.43 Å². The second-order valence-corrected chi connectivity index (χ2v) is 6.07. The summed E-state index contributed by atoms with van der Waals surface area (Å²) in [5.74, 6) is 0.286. The Kier molecular flexibility index (Phi) is 5.33. The number of carbonyl (C=O) groups excluding carboxylic acids is 1. The molecule has 7 nitrogen and oxygen atoms in total. The quantitative estimate of drug-likeness (QED) is 0.396. The summed E-state index contributed by atoms with van der Waals surface area (Å²) >= 11 is 5.82. The zero-order valence-corrected chi connectivity index (χ0v) is 14.9. The summed E-state index contributed by atoms with van der Waals surface area (Å²) < 4.78 is 5.56. The maximum atomic E-state index is 12.1. The molecule has 3 rings (SSSR count). The summed E-state index contributed by atoms with van der Waals surface area (Å²) in [6.07, 6.45) is 1.32. The smallest absolute Gasteiger partial charge is 0.281 e. The van der Waals surface area contributed by atoms with Gasteiger partial charge in [0.25, 0.3) is 11.6 Å². The van der Waals surface area contributed by atoms with Gasteiger partial charge in [0.05, 0.1) is 16.7 Å². The molecule has 0 radical (unpaired) electrons. The first kappa shape index (κ1) is 18.3. The lowest BCUT2D eigenvalue weighted by atomic mass is 10.1. The highest BCUT2D eigenvalue weighted by atomic mass is 35.5. The van der Waals surface area contributed by atoms with E-state index in [4.69, 9.17) is 16.0 Å². The Morgan fingerprint density at radius 1 is 1.22 bits per heavy atom. The van der Waals surface area contributed by atoms with Gasteiger partial charge in [-0.25, -0.2) is 5.43 Å². The van der Waals surface area contributed by atoms with Crippen LogP contribution in [0.25, 0.3) is 11.3 Å². The largest absolute Gasteiger partial charge is 0.455 e. The number of benzene rings is 2. The van der Waals surface area contributed by atoms with Crippen LogP contribution in [-0.2, 0) is 0 Å². The Hall–Kier alpha value is -3.45. The molecular formula is C19H14ClN3O4. The number of nitrogens with one attached hydrogen (secondary N) is 1. The summed E-state index contributed by atoms with van der Waals surface area (Å²) in [6, 6.07) is 14.6. The normalized spacial score (nSPS) is 10.9. The number of aryl methyl sites for hydroxylation is 1. The van der Waals surface area contributed by atoms with Gasteiger partial charge < -0.3 is 4.42 Å². The topological polar surface area (TPSA) is 97.7 Å². The predicted molar refractivity (Wildman–Crippen MR) is 102 cm³/mol. The maximum absolute atomic E-state index is 12.1. The van der Waals surface area contributed by atoms with Crippen LogP contribution in [-0.4, -0.2) is 17.0 Å². The third-order valence-electron chi connectivity index (χ3n) is 3.80. The second kappa shape index (κ2) is 7.84. The summed E-state index contributed by atoms with van der Waals surface area (Å²) in [7, 11) is 0. The molecule has 1 N–H and O–H groups in total. The second-order valence-electron chi connectivity index (χ2n) is 5.63. The van der Waals surface area contributed by atoms with Crippen LogP contribution in [0.1, 0.15) is 21.7 Å². The molecule has 0 atom stereocenters. The molecule has 0 unspecified atom stereocenters. The van der Waals surface area contributed by atoms with Gasteiger partial charge in [-0.1, -0.05) is 29.8 Å². The number of nitro benzene ring substituents is 1. The van der Waals surface area contributed by atoms with Crippen LogP contribution in [0.2, 0.25) is 5.02 Å². The SMILES string of the molecule is Cc1ccccc1C(=O)N/N=C/c1ccc(-c2ccc(Cl)cc2[N+](=O)[O-])o1. The molecule has 0 aliphatic carbocycles. The minimum absolute atomic E-state index is 0.159. The van der Waals surface area contributed by atoms with Crippen molar-refractivity contribution in [1.29, 1.82) is 0 Å². The molecule has 8 heteroatoms. The highest BCUT2D eigenvalue weighted by molar-refractivity contribution is 6.30. The Bertz CT molecular complexity index is 1040. The van der Waals surface area contributed by atoms with Crippen LogP contribution >= 0.6 is 11.6 Å². The third-order valence-corrected chi connectivity index (χ3v) is 4.03. The Balaban J connectivity index is 1.75. The predicted octanol–water partition coefficient (Wildman–Crippen LogP) is 4.58. The molecule has 0 aliphatic rings. The van der Waals surface area contributed by atoms with E-state index in [0.717, 1.165) is 5.56 Å². The summed E-state index contributed by atoms with van der Waals surface area (Å²) in [5, 5.41) is 15.3. The van der Waals surface area contributed by atoms with Crippen molar-refractivity contribution in [2.45, 2.75) is 6.92 Å². The molecule has 0 saturated heterocycles. The number of hydrogen-bond acceptors (Lipinski definition) is 5. The van der Waals surface area contributed by atoms with Gasteiger partial charge in [-0.2, -0.15) is 5.10 Å². The summed E-state index contributed by atoms with van der Waals surface area (Å²) in [5.41, 5.74) is 3.91. The number of hydrogen-bond donors (Lipinski definition) is 1. The van der Waals surface area contributed by atoms with E-state index in [2.05, 4.69) is 10.5 Å². The molecule has 0 aliphatic heterocycles. The highest BCUT2D eigenvalue weighted by Crippen LogP contribution is 2.33. The van der Waals surface area contributed by atoms with Gasteiger partial charge in [0, 0.05) is 16.7 Å². The molecule has 3 aromatic rings. The van der Waals surface area contributed by atoms with Crippen LogP contribution in [0.5, 0.6) is 0 Å². The highest BCUT2D eigenvalue weighted by Gasteiger charge is 2.18. The van der Waals surface area contributed by atoms with Crippen molar-refractivity contribution >= 4 is 29.4 Å². The molecule has 1 heterocycles. The van der Waals surface area contributed by atoms with Gasteiger partial charge >= 0.3 is 0 Å². The average molecular weight is 384 g/mol. The lowest BCUT2D eigenvalue weighted by Crippen LogP contribution is -2.18. The van der Waals surface area contributed by atoms with E-state index in [9.17, 15) is 14.9 Å². The van der Waals surface area contributed by atoms with Crippen molar-refractivity contribution in [3.8, 4) is 11.3 Å². The molecule has 0 spiro atoms. The van der Waals surface area contributed by atoms with Crippen LogP contribution in [0.4, 0.5) is 5.69 Å². The molecule has 0 saturated carbocycles. The first-order valence-corrected chi connectivity index (χ1v) is 8.26. The molecule has 0 bridgehead atoms. The zero-order chi connectivity index (χ0) is 19.4. The summed E-state index contributed by atoms with van der Waals surface area (Å²) in [4.78, 5) is 22.8. The van der Waals surface area contributed by atoms with E-state index >= 15 is 0 Å². The number of hydrazone groups is 1. The minimum atomic E-state index is -0.528. The molecule has 2 aromatic carbocycles. The van der Waals surface area contributed by atoms with E-state index in [-0.39, 0.29) is 16.6 Å². The number of rotatable bonds is 5. The van der Waals surface area contributed by atoms with E-state index < -0.39 is 4.92 Å². The van der Waals surface area contributed by atoms with Crippen LogP contribution in [0.15, 0.2) is 64.1 Å².